The summed E-state index contributed by atoms with van der Waals surface area (Å²) >= 11 is 0. The largest absolute Gasteiger partial charge is 0.357 e. The summed E-state index contributed by atoms with van der Waals surface area (Å²) in [5.41, 5.74) is 6.34. The third kappa shape index (κ3) is 2.19. The van der Waals surface area contributed by atoms with Crippen LogP contribution in [0.2, 0.25) is 0 Å². The highest BCUT2D eigenvalue weighted by atomic mass is 15.3. The molecule has 1 fully saturated rings. The molecule has 5 heteroatoms. The van der Waals surface area contributed by atoms with Crippen molar-refractivity contribution in [2.75, 3.05) is 12.4 Å². The van der Waals surface area contributed by atoms with Gasteiger partial charge in [0.25, 0.3) is 0 Å². The highest BCUT2D eigenvalue weighted by molar-refractivity contribution is 5.24. The van der Waals surface area contributed by atoms with Crippen LogP contribution in [-0.4, -0.2) is 27.4 Å². The lowest BCUT2D eigenvalue weighted by Gasteiger charge is -2.32. The van der Waals surface area contributed by atoms with E-state index >= 15 is 0 Å². The topological polar surface area (TPSA) is 68.8 Å². The summed E-state index contributed by atoms with van der Waals surface area (Å²) in [5.74, 6) is 1.78. The van der Waals surface area contributed by atoms with E-state index in [-0.39, 0.29) is 5.54 Å². The summed E-state index contributed by atoms with van der Waals surface area (Å²) in [6.45, 7) is 0. The minimum atomic E-state index is -0.0654. The van der Waals surface area contributed by atoms with E-state index in [9.17, 15) is 0 Å². The Labute approximate surface area is 96.4 Å². The summed E-state index contributed by atoms with van der Waals surface area (Å²) in [5, 5.41) is 11.3. The first kappa shape index (κ1) is 11.4. The van der Waals surface area contributed by atoms with E-state index in [1.165, 1.54) is 19.3 Å². The number of nitrogens with two attached hydrogens (primary N) is 1. The molecule has 0 radical (unpaired) electrons. The summed E-state index contributed by atoms with van der Waals surface area (Å²) in [4.78, 5) is 0. The summed E-state index contributed by atoms with van der Waals surface area (Å²) in [6.07, 6.45) is 6.85. The molecule has 0 bridgehead atoms. The van der Waals surface area contributed by atoms with Gasteiger partial charge in [-0.25, -0.2) is 0 Å². The van der Waals surface area contributed by atoms with Gasteiger partial charge in [0, 0.05) is 26.1 Å². The van der Waals surface area contributed by atoms with Crippen LogP contribution >= 0.6 is 0 Å². The molecule has 16 heavy (non-hydrogen) atoms. The molecule has 0 amide bonds. The summed E-state index contributed by atoms with van der Waals surface area (Å²) in [7, 11) is 3.83. The zero-order valence-corrected chi connectivity index (χ0v) is 10.2. The number of rotatable bonds is 3. The molecule has 1 aromatic heterocycles. The molecule has 0 aliphatic heterocycles. The van der Waals surface area contributed by atoms with Gasteiger partial charge in [0.15, 0.2) is 0 Å². The van der Waals surface area contributed by atoms with Crippen molar-refractivity contribution < 1.29 is 0 Å². The number of anilines is 1. The third-order valence-corrected chi connectivity index (χ3v) is 3.55. The zero-order valence-electron chi connectivity index (χ0n) is 10.2. The van der Waals surface area contributed by atoms with Crippen molar-refractivity contribution in [3.8, 4) is 0 Å². The van der Waals surface area contributed by atoms with Gasteiger partial charge in [-0.15, -0.1) is 10.2 Å². The van der Waals surface area contributed by atoms with Crippen LogP contribution < -0.4 is 11.1 Å². The second kappa shape index (κ2) is 4.41. The first-order chi connectivity index (χ1) is 7.64. The number of hydrogen-bond donors (Lipinski definition) is 2. The van der Waals surface area contributed by atoms with E-state index in [4.69, 9.17) is 5.73 Å². The molecule has 0 saturated heterocycles. The van der Waals surface area contributed by atoms with Crippen molar-refractivity contribution in [2.45, 2.75) is 44.1 Å². The quantitative estimate of drug-likeness (QED) is 0.804. The van der Waals surface area contributed by atoms with Gasteiger partial charge in [-0.2, -0.15) is 0 Å². The van der Waals surface area contributed by atoms with Gasteiger partial charge in [-0.3, -0.25) is 0 Å². The Morgan fingerprint density at radius 3 is 2.56 bits per heavy atom. The van der Waals surface area contributed by atoms with Crippen molar-refractivity contribution in [2.24, 2.45) is 12.8 Å². The molecule has 0 spiro atoms. The van der Waals surface area contributed by atoms with Gasteiger partial charge in [0.2, 0.25) is 5.95 Å². The van der Waals surface area contributed by atoms with E-state index in [0.717, 1.165) is 31.0 Å². The number of nitrogens with one attached hydrogen (secondary N) is 1. The molecule has 0 unspecified atom stereocenters. The molecular weight excluding hydrogens is 202 g/mol. The molecule has 1 aliphatic rings. The summed E-state index contributed by atoms with van der Waals surface area (Å²) in [6, 6.07) is 0. The van der Waals surface area contributed by atoms with Crippen LogP contribution in [0.4, 0.5) is 5.95 Å². The lowest BCUT2D eigenvalue weighted by Crippen LogP contribution is -2.44. The minimum Gasteiger partial charge on any atom is -0.357 e. The van der Waals surface area contributed by atoms with E-state index in [0.29, 0.717) is 0 Å². The second-order valence-electron chi connectivity index (χ2n) is 4.85. The molecule has 5 nitrogen and oxygen atoms in total. The van der Waals surface area contributed by atoms with Gasteiger partial charge in [0.05, 0.1) is 0 Å². The number of nitrogens with zero attached hydrogens (tertiary/aromatic N) is 3. The molecular formula is C11H21N5. The molecule has 2 rings (SSSR count). The van der Waals surface area contributed by atoms with Crippen LogP contribution in [-0.2, 0) is 13.5 Å². The fourth-order valence-corrected chi connectivity index (χ4v) is 2.48. The summed E-state index contributed by atoms with van der Waals surface area (Å²) < 4.78 is 1.99. The van der Waals surface area contributed by atoms with Crippen molar-refractivity contribution in [3.05, 3.63) is 5.82 Å². The average Bonchev–Trinajstić information content (AvgIpc) is 2.60. The van der Waals surface area contributed by atoms with E-state index in [1.54, 1.807) is 0 Å². The average molecular weight is 223 g/mol. The zero-order chi connectivity index (χ0) is 11.6. The SMILES string of the molecule is CNc1nnc(CC2(N)CCCCC2)n1C. The molecule has 0 atom stereocenters. The highest BCUT2D eigenvalue weighted by Gasteiger charge is 2.29. The molecule has 1 heterocycles. The van der Waals surface area contributed by atoms with Crippen LogP contribution in [0.15, 0.2) is 0 Å². The van der Waals surface area contributed by atoms with Crippen molar-refractivity contribution in [1.82, 2.24) is 14.8 Å². The Bertz CT molecular complexity index is 351. The normalized spacial score (nSPS) is 19.7. The van der Waals surface area contributed by atoms with Crippen LogP contribution in [0.5, 0.6) is 0 Å². The van der Waals surface area contributed by atoms with E-state index in [2.05, 4.69) is 15.5 Å². The molecule has 1 aromatic rings. The molecule has 0 aromatic carbocycles. The second-order valence-corrected chi connectivity index (χ2v) is 4.85. The molecule has 90 valence electrons. The van der Waals surface area contributed by atoms with Crippen molar-refractivity contribution in [3.63, 3.8) is 0 Å². The van der Waals surface area contributed by atoms with Gasteiger partial charge in [0.1, 0.15) is 5.82 Å². The molecule has 3 N–H and O–H groups in total. The number of hydrogen-bond acceptors (Lipinski definition) is 4. The predicted molar refractivity (Wildman–Crippen MR) is 64.3 cm³/mol. The van der Waals surface area contributed by atoms with Gasteiger partial charge in [-0.1, -0.05) is 19.3 Å². The first-order valence-electron chi connectivity index (χ1n) is 5.99. The molecule has 1 aliphatic carbocycles. The predicted octanol–water partition coefficient (Wildman–Crippen LogP) is 1.06. The highest BCUT2D eigenvalue weighted by Crippen LogP contribution is 2.28. The van der Waals surface area contributed by atoms with E-state index in [1.807, 2.05) is 18.7 Å². The lowest BCUT2D eigenvalue weighted by molar-refractivity contribution is 0.288. The molecule has 1 saturated carbocycles. The fourth-order valence-electron chi connectivity index (χ4n) is 2.48. The monoisotopic (exact) mass is 223 g/mol. The Hall–Kier alpha value is -1.10. The fraction of sp³-hybridized carbons (Fsp3) is 0.818. The van der Waals surface area contributed by atoms with Crippen LogP contribution in [0.25, 0.3) is 0 Å². The first-order valence-corrected chi connectivity index (χ1v) is 5.99. The lowest BCUT2D eigenvalue weighted by atomic mass is 9.80. The van der Waals surface area contributed by atoms with Gasteiger partial charge < -0.3 is 15.6 Å². The maximum Gasteiger partial charge on any atom is 0.224 e. The Balaban J connectivity index is 2.10. The Kier molecular flexibility index (Phi) is 3.14. The maximum atomic E-state index is 6.41. The van der Waals surface area contributed by atoms with Crippen LogP contribution in [0.1, 0.15) is 37.9 Å². The minimum absolute atomic E-state index is 0.0654. The third-order valence-electron chi connectivity index (χ3n) is 3.55. The Morgan fingerprint density at radius 2 is 2.00 bits per heavy atom. The van der Waals surface area contributed by atoms with Gasteiger partial charge in [-0.05, 0) is 12.8 Å². The standard InChI is InChI=1S/C11H21N5/c1-13-10-15-14-9(16(10)2)8-11(12)6-4-3-5-7-11/h3-8,12H2,1-2H3,(H,13,15). The Morgan fingerprint density at radius 1 is 1.31 bits per heavy atom. The van der Waals surface area contributed by atoms with E-state index < -0.39 is 0 Å². The van der Waals surface area contributed by atoms with Crippen molar-refractivity contribution >= 4 is 5.95 Å². The van der Waals surface area contributed by atoms with Crippen LogP contribution in [0.3, 0.4) is 0 Å². The van der Waals surface area contributed by atoms with Gasteiger partial charge >= 0.3 is 0 Å². The maximum absolute atomic E-state index is 6.41. The van der Waals surface area contributed by atoms with Crippen molar-refractivity contribution in [1.29, 1.82) is 0 Å². The van der Waals surface area contributed by atoms with Crippen LogP contribution in [0, 0.1) is 0 Å². The number of aromatic nitrogens is 3. The smallest absolute Gasteiger partial charge is 0.224 e.